The molecule has 0 unspecified atom stereocenters. The first kappa shape index (κ1) is 17.7. The molecular weight excluding hydrogens is 362 g/mol. The minimum Gasteiger partial charge on any atom is -0.493 e. The Morgan fingerprint density at radius 3 is 2.85 bits per heavy atom. The van der Waals surface area contributed by atoms with Crippen molar-refractivity contribution >= 4 is 40.8 Å². The summed E-state index contributed by atoms with van der Waals surface area (Å²) in [5, 5.41) is 10.5. The van der Waals surface area contributed by atoms with Gasteiger partial charge in [-0.3, -0.25) is 19.1 Å². The van der Waals surface area contributed by atoms with Crippen LogP contribution in [0.15, 0.2) is 28.0 Å². The lowest BCUT2D eigenvalue weighted by Crippen LogP contribution is -2.33. The number of fused-ring (bicyclic) bond motifs is 1. The molecule has 0 radical (unpaired) electrons. The lowest BCUT2D eigenvalue weighted by Gasteiger charge is -2.15. The zero-order valence-corrected chi connectivity index (χ0v) is 16.0. The van der Waals surface area contributed by atoms with Crippen LogP contribution in [0.1, 0.15) is 35.8 Å². The Bertz CT molecular complexity index is 1010. The van der Waals surface area contributed by atoms with Gasteiger partial charge in [0.25, 0.3) is 0 Å². The molecule has 1 amide bonds. The molecule has 6 nitrogen and oxygen atoms in total. The van der Waals surface area contributed by atoms with E-state index < -0.39 is 0 Å². The van der Waals surface area contributed by atoms with Crippen LogP contribution in [0.25, 0.3) is 11.6 Å². The van der Waals surface area contributed by atoms with Crippen LogP contribution in [0.4, 0.5) is 5.69 Å². The quantitative estimate of drug-likeness (QED) is 0.882. The molecule has 0 bridgehead atoms. The van der Waals surface area contributed by atoms with Gasteiger partial charge in [-0.1, -0.05) is 36.5 Å². The monoisotopic (exact) mass is 383 g/mol. The van der Waals surface area contributed by atoms with Crippen molar-refractivity contribution in [1.82, 2.24) is 9.47 Å². The first-order chi connectivity index (χ1) is 13.1. The van der Waals surface area contributed by atoms with E-state index in [9.17, 15) is 14.7 Å². The number of benzene rings is 1. The Hall–Kier alpha value is -2.67. The third-order valence-corrected chi connectivity index (χ3v) is 5.99. The number of thiazole rings is 1. The smallest absolute Gasteiger partial charge is 0.311 e. The first-order valence-electron chi connectivity index (χ1n) is 9.17. The summed E-state index contributed by atoms with van der Waals surface area (Å²) in [6, 6.07) is 6.03. The molecule has 1 fully saturated rings. The van der Waals surface area contributed by atoms with E-state index in [4.69, 9.17) is 0 Å². The van der Waals surface area contributed by atoms with Crippen molar-refractivity contribution in [2.24, 2.45) is 4.99 Å². The van der Waals surface area contributed by atoms with Crippen LogP contribution < -0.4 is 4.87 Å². The van der Waals surface area contributed by atoms with E-state index in [-0.39, 0.29) is 23.2 Å². The van der Waals surface area contributed by atoms with Gasteiger partial charge in [0.05, 0.1) is 10.6 Å². The predicted octanol–water partition coefficient (Wildman–Crippen LogP) is 3.06. The average molecular weight is 383 g/mol. The number of hydrogen-bond acceptors (Lipinski definition) is 5. The molecule has 0 aliphatic carbocycles. The number of aromatic nitrogens is 1. The molecule has 2 aliphatic rings. The molecule has 1 saturated heterocycles. The topological polar surface area (TPSA) is 74.9 Å². The number of aryl methyl sites for hydroxylation is 1. The van der Waals surface area contributed by atoms with Gasteiger partial charge in [0.1, 0.15) is 6.54 Å². The zero-order chi connectivity index (χ0) is 19.0. The van der Waals surface area contributed by atoms with Gasteiger partial charge >= 0.3 is 4.87 Å². The second-order valence-corrected chi connectivity index (χ2v) is 7.75. The zero-order valence-electron chi connectivity index (χ0n) is 15.1. The molecule has 4 rings (SSSR count). The minimum absolute atomic E-state index is 0.116. The number of rotatable bonds is 4. The highest BCUT2D eigenvalue weighted by Gasteiger charge is 2.22. The van der Waals surface area contributed by atoms with Crippen LogP contribution in [-0.2, 0) is 17.8 Å². The van der Waals surface area contributed by atoms with Crippen molar-refractivity contribution in [1.29, 1.82) is 0 Å². The summed E-state index contributed by atoms with van der Waals surface area (Å²) in [6.45, 7) is 3.42. The van der Waals surface area contributed by atoms with Crippen LogP contribution in [0.5, 0.6) is 5.88 Å². The summed E-state index contributed by atoms with van der Waals surface area (Å²) in [4.78, 5) is 31.0. The highest BCUT2D eigenvalue weighted by molar-refractivity contribution is 7.10. The van der Waals surface area contributed by atoms with Gasteiger partial charge in [0.15, 0.2) is 0 Å². The fourth-order valence-electron chi connectivity index (χ4n) is 3.57. The number of amides is 1. The van der Waals surface area contributed by atoms with Gasteiger partial charge in [-0.15, -0.1) is 0 Å². The minimum atomic E-state index is -0.329. The van der Waals surface area contributed by atoms with E-state index in [1.807, 2.05) is 12.1 Å². The van der Waals surface area contributed by atoms with E-state index in [1.165, 1.54) is 5.56 Å². The van der Waals surface area contributed by atoms with Crippen LogP contribution >= 0.6 is 11.3 Å². The largest absolute Gasteiger partial charge is 0.493 e. The Labute approximate surface area is 161 Å². The van der Waals surface area contributed by atoms with Gasteiger partial charge < -0.3 is 10.0 Å². The van der Waals surface area contributed by atoms with E-state index in [0.717, 1.165) is 65.1 Å². The summed E-state index contributed by atoms with van der Waals surface area (Å²) in [7, 11) is 0. The Morgan fingerprint density at radius 1 is 1.33 bits per heavy atom. The van der Waals surface area contributed by atoms with Crippen molar-refractivity contribution in [2.75, 3.05) is 13.1 Å². The SMILES string of the molecule is CCc1cccc2c1N=C/C2=C\c1sc(=O)n(CC(=O)N2CCCC2)c1O. The van der Waals surface area contributed by atoms with Crippen LogP contribution in [0.3, 0.4) is 0 Å². The predicted molar refractivity (Wildman–Crippen MR) is 108 cm³/mol. The van der Waals surface area contributed by atoms with Gasteiger partial charge in [-0.25, -0.2) is 0 Å². The van der Waals surface area contributed by atoms with Crippen molar-refractivity contribution in [3.05, 3.63) is 43.9 Å². The number of nitrogens with zero attached hydrogens (tertiary/aromatic N) is 3. The Kier molecular flexibility index (Phi) is 4.70. The average Bonchev–Trinajstić information content (AvgIpc) is 3.39. The van der Waals surface area contributed by atoms with Crippen molar-refractivity contribution < 1.29 is 9.90 Å². The normalized spacial score (nSPS) is 17.1. The summed E-state index contributed by atoms with van der Waals surface area (Å²) in [6.07, 6.45) is 6.40. The molecule has 0 atom stereocenters. The Morgan fingerprint density at radius 2 is 2.11 bits per heavy atom. The number of carbonyl (C=O) groups excluding carboxylic acids is 1. The molecule has 2 aliphatic heterocycles. The van der Waals surface area contributed by atoms with Crippen LogP contribution in [0.2, 0.25) is 0 Å². The van der Waals surface area contributed by atoms with E-state index >= 15 is 0 Å². The number of aliphatic imine (C=N–C) groups is 1. The fourth-order valence-corrected chi connectivity index (χ4v) is 4.41. The van der Waals surface area contributed by atoms with Crippen molar-refractivity contribution in [2.45, 2.75) is 32.7 Å². The molecule has 7 heteroatoms. The van der Waals surface area contributed by atoms with E-state index in [0.29, 0.717) is 4.88 Å². The maximum absolute atomic E-state index is 12.3. The van der Waals surface area contributed by atoms with E-state index in [1.54, 1.807) is 17.2 Å². The summed E-state index contributed by atoms with van der Waals surface area (Å²) in [5.41, 5.74) is 3.96. The lowest BCUT2D eigenvalue weighted by atomic mass is 10.0. The van der Waals surface area contributed by atoms with Crippen LogP contribution in [0, 0.1) is 0 Å². The second kappa shape index (κ2) is 7.15. The maximum Gasteiger partial charge on any atom is 0.311 e. The number of carbonyl (C=O) groups is 1. The molecular formula is C20H21N3O3S. The number of aromatic hydroxyl groups is 1. The highest BCUT2D eigenvalue weighted by atomic mass is 32.1. The molecule has 0 saturated carbocycles. The maximum atomic E-state index is 12.3. The number of hydrogen-bond donors (Lipinski definition) is 1. The summed E-state index contributed by atoms with van der Waals surface area (Å²) >= 11 is 0.946. The highest BCUT2D eigenvalue weighted by Crippen LogP contribution is 2.37. The molecule has 1 aromatic heterocycles. The van der Waals surface area contributed by atoms with Crippen molar-refractivity contribution in [3.63, 3.8) is 0 Å². The van der Waals surface area contributed by atoms with Gasteiger partial charge in [-0.2, -0.15) is 0 Å². The number of likely N-dealkylation sites (tertiary alicyclic amines) is 1. The summed E-state index contributed by atoms with van der Waals surface area (Å²) in [5.74, 6) is -0.277. The lowest BCUT2D eigenvalue weighted by molar-refractivity contribution is -0.130. The van der Waals surface area contributed by atoms with Gasteiger partial charge in [0.2, 0.25) is 11.8 Å². The standard InChI is InChI=1S/C20H21N3O3S/c1-2-13-6-5-7-15-14(11-21-18(13)15)10-16-19(25)23(20(26)27-16)12-17(24)22-8-3-4-9-22/h5-7,10-11,25H,2-4,8-9,12H2,1H3/b14-10+. The van der Waals surface area contributed by atoms with Gasteiger partial charge in [0, 0.05) is 30.4 Å². The molecule has 2 aromatic rings. The van der Waals surface area contributed by atoms with E-state index in [2.05, 4.69) is 18.0 Å². The molecule has 27 heavy (non-hydrogen) atoms. The molecule has 0 spiro atoms. The number of allylic oxidation sites excluding steroid dienone is 1. The van der Waals surface area contributed by atoms with Crippen molar-refractivity contribution in [3.8, 4) is 5.88 Å². The molecule has 3 heterocycles. The first-order valence-corrected chi connectivity index (χ1v) is 9.98. The summed E-state index contributed by atoms with van der Waals surface area (Å²) < 4.78 is 1.16. The fraction of sp³-hybridized carbons (Fsp3) is 0.350. The Balaban J connectivity index is 1.64. The third-order valence-electron chi connectivity index (χ3n) is 5.08. The molecule has 140 valence electrons. The molecule has 1 aromatic carbocycles. The van der Waals surface area contributed by atoms with Crippen LogP contribution in [-0.4, -0.2) is 39.8 Å². The third kappa shape index (κ3) is 3.23. The molecule has 1 N–H and O–H groups in total. The number of para-hydroxylation sites is 1. The second-order valence-electron chi connectivity index (χ2n) is 6.75. The van der Waals surface area contributed by atoms with Gasteiger partial charge in [-0.05, 0) is 30.9 Å².